The van der Waals surface area contributed by atoms with Crippen molar-refractivity contribution in [1.82, 2.24) is 9.38 Å². The number of pyridine rings is 1. The molecule has 1 saturated carbocycles. The number of amides is 1. The van der Waals surface area contributed by atoms with Crippen LogP contribution in [-0.4, -0.2) is 15.8 Å². The molecule has 0 atom stereocenters. The van der Waals surface area contributed by atoms with Gasteiger partial charge in [0, 0.05) is 6.20 Å². The first-order valence-corrected chi connectivity index (χ1v) is 7.63. The van der Waals surface area contributed by atoms with Gasteiger partial charge < -0.3 is 9.72 Å². The van der Waals surface area contributed by atoms with Crippen LogP contribution in [0.5, 0.6) is 0 Å². The molecular formula is C18H18FN3O. The molecule has 0 unspecified atom stereocenters. The number of rotatable bonds is 3. The van der Waals surface area contributed by atoms with Crippen molar-refractivity contribution in [2.75, 3.05) is 5.32 Å². The third-order valence-electron chi connectivity index (χ3n) is 3.59. The Morgan fingerprint density at radius 1 is 1.17 bits per heavy atom. The Labute approximate surface area is 134 Å². The number of hydrogen-bond donors (Lipinski definition) is 1. The normalized spacial score (nSPS) is 12.4. The highest BCUT2D eigenvalue weighted by Crippen LogP contribution is 2.25. The SMILES string of the molecule is C1CC1.Cc1c(F)cccc1-c1ccc2nc(NC=O)cn2c1. The van der Waals surface area contributed by atoms with Gasteiger partial charge in [0.2, 0.25) is 6.41 Å². The minimum Gasteiger partial charge on any atom is -0.312 e. The molecule has 2 heterocycles. The van der Waals surface area contributed by atoms with Crippen LogP contribution >= 0.6 is 0 Å². The van der Waals surface area contributed by atoms with E-state index in [1.807, 2.05) is 24.4 Å². The number of fused-ring (bicyclic) bond motifs is 1. The van der Waals surface area contributed by atoms with E-state index in [-0.39, 0.29) is 5.82 Å². The molecule has 5 heteroatoms. The minimum absolute atomic E-state index is 0.225. The molecular weight excluding hydrogens is 293 g/mol. The number of aromatic nitrogens is 2. The van der Waals surface area contributed by atoms with Crippen LogP contribution in [0.3, 0.4) is 0 Å². The summed E-state index contributed by atoms with van der Waals surface area (Å²) in [6.07, 6.45) is 8.65. The number of hydrogen-bond acceptors (Lipinski definition) is 2. The van der Waals surface area contributed by atoms with Crippen LogP contribution in [0.4, 0.5) is 10.2 Å². The molecule has 1 aliphatic carbocycles. The van der Waals surface area contributed by atoms with Crippen LogP contribution in [0.1, 0.15) is 24.8 Å². The molecule has 1 aromatic carbocycles. The van der Waals surface area contributed by atoms with E-state index in [0.717, 1.165) is 11.1 Å². The van der Waals surface area contributed by atoms with Gasteiger partial charge in [-0.05, 0) is 41.8 Å². The lowest BCUT2D eigenvalue weighted by atomic mass is 10.0. The van der Waals surface area contributed by atoms with Gasteiger partial charge in [0.25, 0.3) is 0 Å². The largest absolute Gasteiger partial charge is 0.312 e. The van der Waals surface area contributed by atoms with E-state index >= 15 is 0 Å². The van der Waals surface area contributed by atoms with E-state index in [0.29, 0.717) is 23.4 Å². The average molecular weight is 311 g/mol. The van der Waals surface area contributed by atoms with E-state index in [9.17, 15) is 9.18 Å². The molecule has 118 valence electrons. The van der Waals surface area contributed by atoms with Crippen LogP contribution in [-0.2, 0) is 4.79 Å². The summed E-state index contributed by atoms with van der Waals surface area (Å²) in [6, 6.07) is 8.72. The fourth-order valence-corrected chi connectivity index (χ4v) is 2.20. The number of imidazole rings is 1. The van der Waals surface area contributed by atoms with Crippen molar-refractivity contribution in [3.63, 3.8) is 0 Å². The second-order valence-corrected chi connectivity index (χ2v) is 5.54. The van der Waals surface area contributed by atoms with Gasteiger partial charge in [0.1, 0.15) is 11.5 Å². The first-order chi connectivity index (χ1) is 11.2. The molecule has 4 rings (SSSR count). The van der Waals surface area contributed by atoms with Crippen molar-refractivity contribution in [3.05, 3.63) is 54.1 Å². The summed E-state index contributed by atoms with van der Waals surface area (Å²) in [5.41, 5.74) is 3.06. The summed E-state index contributed by atoms with van der Waals surface area (Å²) in [4.78, 5) is 14.6. The molecule has 0 aliphatic heterocycles. The summed E-state index contributed by atoms with van der Waals surface area (Å²) in [5, 5.41) is 2.50. The smallest absolute Gasteiger partial charge is 0.212 e. The van der Waals surface area contributed by atoms with Crippen LogP contribution in [0.2, 0.25) is 0 Å². The van der Waals surface area contributed by atoms with Crippen molar-refractivity contribution >= 4 is 17.9 Å². The van der Waals surface area contributed by atoms with Crippen LogP contribution in [0.15, 0.2) is 42.7 Å². The van der Waals surface area contributed by atoms with Crippen molar-refractivity contribution in [2.45, 2.75) is 26.2 Å². The number of carbonyl (C=O) groups is 1. The maximum atomic E-state index is 13.6. The Kier molecular flexibility index (Phi) is 4.37. The highest BCUT2D eigenvalue weighted by Gasteiger charge is 2.08. The Balaban J connectivity index is 0.000000468. The maximum Gasteiger partial charge on any atom is 0.212 e. The number of benzene rings is 1. The van der Waals surface area contributed by atoms with Gasteiger partial charge >= 0.3 is 0 Å². The van der Waals surface area contributed by atoms with Crippen LogP contribution < -0.4 is 5.32 Å². The monoisotopic (exact) mass is 311 g/mol. The van der Waals surface area contributed by atoms with Crippen molar-refractivity contribution in [1.29, 1.82) is 0 Å². The number of anilines is 1. The molecule has 1 aliphatic rings. The summed E-state index contributed by atoms with van der Waals surface area (Å²) >= 11 is 0. The second kappa shape index (κ2) is 6.60. The van der Waals surface area contributed by atoms with Gasteiger partial charge in [-0.1, -0.05) is 31.4 Å². The minimum atomic E-state index is -0.225. The first kappa shape index (κ1) is 15.2. The topological polar surface area (TPSA) is 46.4 Å². The van der Waals surface area contributed by atoms with E-state index in [4.69, 9.17) is 0 Å². The van der Waals surface area contributed by atoms with Gasteiger partial charge in [-0.2, -0.15) is 0 Å². The van der Waals surface area contributed by atoms with E-state index in [1.165, 1.54) is 25.3 Å². The quantitative estimate of drug-likeness (QED) is 0.737. The molecule has 0 spiro atoms. The van der Waals surface area contributed by atoms with E-state index in [2.05, 4.69) is 10.3 Å². The third kappa shape index (κ3) is 3.56. The zero-order chi connectivity index (χ0) is 16.2. The summed E-state index contributed by atoms with van der Waals surface area (Å²) in [6.45, 7) is 1.75. The fraction of sp³-hybridized carbons (Fsp3) is 0.222. The van der Waals surface area contributed by atoms with Gasteiger partial charge in [-0.15, -0.1) is 0 Å². The molecule has 1 fully saturated rings. The van der Waals surface area contributed by atoms with Crippen LogP contribution in [0.25, 0.3) is 16.8 Å². The van der Waals surface area contributed by atoms with Crippen LogP contribution in [0, 0.1) is 12.7 Å². The van der Waals surface area contributed by atoms with Gasteiger partial charge in [0.05, 0.1) is 6.20 Å². The Hall–Kier alpha value is -2.69. The predicted molar refractivity (Wildman–Crippen MR) is 88.9 cm³/mol. The summed E-state index contributed by atoms with van der Waals surface area (Å²) in [7, 11) is 0. The summed E-state index contributed by atoms with van der Waals surface area (Å²) in [5.74, 6) is 0.254. The number of nitrogens with zero attached hydrogens (tertiary/aromatic N) is 2. The molecule has 1 N–H and O–H groups in total. The standard InChI is InChI=1S/C15H12FN3O.C3H6/c1-10-12(3-2-4-13(10)16)11-5-6-15-18-14(17-9-20)8-19(15)7-11;1-2-3-1/h2-9H,1H3,(H,17,20);1-3H2. The zero-order valence-electron chi connectivity index (χ0n) is 12.9. The maximum absolute atomic E-state index is 13.6. The average Bonchev–Trinajstić information content (AvgIpc) is 3.37. The molecule has 23 heavy (non-hydrogen) atoms. The van der Waals surface area contributed by atoms with E-state index < -0.39 is 0 Å². The summed E-state index contributed by atoms with van der Waals surface area (Å²) < 4.78 is 15.4. The highest BCUT2D eigenvalue weighted by atomic mass is 19.1. The lowest BCUT2D eigenvalue weighted by Crippen LogP contribution is -1.92. The van der Waals surface area contributed by atoms with Crippen molar-refractivity contribution < 1.29 is 9.18 Å². The third-order valence-corrected chi connectivity index (χ3v) is 3.59. The molecule has 3 aromatic rings. The molecule has 0 radical (unpaired) electrons. The van der Waals surface area contributed by atoms with Gasteiger partial charge in [0.15, 0.2) is 5.82 Å². The van der Waals surface area contributed by atoms with Crippen molar-refractivity contribution in [2.24, 2.45) is 0 Å². The Morgan fingerprint density at radius 2 is 1.96 bits per heavy atom. The fourth-order valence-electron chi connectivity index (χ4n) is 2.20. The highest BCUT2D eigenvalue weighted by molar-refractivity contribution is 5.72. The number of nitrogens with one attached hydrogen (secondary N) is 1. The van der Waals surface area contributed by atoms with Crippen molar-refractivity contribution in [3.8, 4) is 11.1 Å². The number of halogens is 1. The second-order valence-electron chi connectivity index (χ2n) is 5.54. The molecule has 0 bridgehead atoms. The molecule has 1 amide bonds. The lowest BCUT2D eigenvalue weighted by molar-refractivity contribution is -0.105. The van der Waals surface area contributed by atoms with Gasteiger partial charge in [-0.25, -0.2) is 9.37 Å². The molecule has 0 saturated heterocycles. The molecule has 2 aromatic heterocycles. The number of carbonyl (C=O) groups excluding carboxylic acids is 1. The Morgan fingerprint density at radius 3 is 2.65 bits per heavy atom. The first-order valence-electron chi connectivity index (χ1n) is 7.63. The lowest BCUT2D eigenvalue weighted by Gasteiger charge is -2.07. The van der Waals surface area contributed by atoms with E-state index in [1.54, 1.807) is 23.6 Å². The Bertz CT molecular complexity index is 837. The molecule has 4 nitrogen and oxygen atoms in total. The predicted octanol–water partition coefficient (Wildman–Crippen LogP) is 4.19. The van der Waals surface area contributed by atoms with Gasteiger partial charge in [-0.3, -0.25) is 4.79 Å². The zero-order valence-corrected chi connectivity index (χ0v) is 12.9.